The average Bonchev–Trinajstić information content (AvgIpc) is 2.72. The van der Waals surface area contributed by atoms with Crippen LogP contribution in [0.1, 0.15) is 5.56 Å². The number of fused-ring (bicyclic) bond motifs is 1. The van der Waals surface area contributed by atoms with Gasteiger partial charge in [-0.3, -0.25) is 4.98 Å². The molecule has 0 fully saturated rings. The number of halogens is 1. The van der Waals surface area contributed by atoms with Crippen LogP contribution in [0.3, 0.4) is 0 Å². The van der Waals surface area contributed by atoms with Gasteiger partial charge in [0.1, 0.15) is 5.75 Å². The molecule has 5 nitrogen and oxygen atoms in total. The van der Waals surface area contributed by atoms with Crippen molar-refractivity contribution in [3.63, 3.8) is 0 Å². The summed E-state index contributed by atoms with van der Waals surface area (Å²) in [5.74, 6) is 0.561. The highest BCUT2D eigenvalue weighted by atomic mass is 35.5. The summed E-state index contributed by atoms with van der Waals surface area (Å²) >= 11 is 5.90. The fourth-order valence-electron chi connectivity index (χ4n) is 1.93. The summed E-state index contributed by atoms with van der Waals surface area (Å²) in [5.41, 5.74) is 8.10. The van der Waals surface area contributed by atoms with Crippen molar-refractivity contribution in [3.05, 3.63) is 51.5 Å². The monoisotopic (exact) mass is 290 g/mol. The summed E-state index contributed by atoms with van der Waals surface area (Å²) in [4.78, 5) is 13.7. The first-order valence-corrected chi connectivity index (χ1v) is 6.27. The number of nitrogens with two attached hydrogens (primary N) is 1. The molecule has 0 saturated carbocycles. The summed E-state index contributed by atoms with van der Waals surface area (Å²) in [5, 5.41) is 0.637. The lowest BCUT2D eigenvalue weighted by molar-refractivity contribution is 0.481. The minimum atomic E-state index is -0.528. The Kier molecular flexibility index (Phi) is 2.91. The zero-order chi connectivity index (χ0) is 14.3. The molecule has 3 N–H and O–H groups in total. The van der Waals surface area contributed by atoms with E-state index in [-0.39, 0.29) is 0 Å². The van der Waals surface area contributed by atoms with E-state index in [2.05, 4.69) is 4.98 Å². The molecule has 0 bridgehead atoms. The van der Waals surface area contributed by atoms with E-state index in [4.69, 9.17) is 26.5 Å². The standard InChI is InChI=1S/C14H11ClN2O3/c1-7-4-8(15)2-3-11(7)19-12-6-10-13(5-9(12)16)20-14(18)17-10/h2-6H,16H2,1H3,(H,17,18). The molecule has 102 valence electrons. The Balaban J connectivity index is 2.05. The van der Waals surface area contributed by atoms with Crippen molar-refractivity contribution < 1.29 is 9.15 Å². The first-order chi connectivity index (χ1) is 9.52. The molecule has 1 aromatic heterocycles. The van der Waals surface area contributed by atoms with Crippen molar-refractivity contribution in [1.29, 1.82) is 0 Å². The molecule has 3 rings (SSSR count). The molecule has 0 radical (unpaired) electrons. The largest absolute Gasteiger partial charge is 0.455 e. The van der Waals surface area contributed by atoms with Gasteiger partial charge in [0.2, 0.25) is 0 Å². The van der Waals surface area contributed by atoms with Gasteiger partial charge in [0, 0.05) is 17.2 Å². The third-order valence-corrected chi connectivity index (χ3v) is 3.14. The Labute approximate surface area is 118 Å². The number of aromatic nitrogens is 1. The first kappa shape index (κ1) is 12.6. The van der Waals surface area contributed by atoms with E-state index in [1.165, 1.54) is 0 Å². The normalized spacial score (nSPS) is 10.9. The van der Waals surface area contributed by atoms with Crippen molar-refractivity contribution in [2.75, 3.05) is 5.73 Å². The number of nitrogens with one attached hydrogen (secondary N) is 1. The number of H-pyrrole nitrogens is 1. The van der Waals surface area contributed by atoms with Gasteiger partial charge in [-0.15, -0.1) is 0 Å². The summed E-state index contributed by atoms with van der Waals surface area (Å²) in [6.45, 7) is 1.88. The lowest BCUT2D eigenvalue weighted by Gasteiger charge is -2.10. The van der Waals surface area contributed by atoms with Crippen molar-refractivity contribution in [1.82, 2.24) is 4.98 Å². The van der Waals surface area contributed by atoms with E-state index < -0.39 is 5.76 Å². The van der Waals surface area contributed by atoms with E-state index in [1.807, 2.05) is 6.92 Å². The fourth-order valence-corrected chi connectivity index (χ4v) is 2.15. The van der Waals surface area contributed by atoms with Crippen LogP contribution < -0.4 is 16.2 Å². The van der Waals surface area contributed by atoms with Gasteiger partial charge in [-0.2, -0.15) is 0 Å². The zero-order valence-electron chi connectivity index (χ0n) is 10.6. The summed E-state index contributed by atoms with van der Waals surface area (Å²) in [7, 11) is 0. The molecular formula is C14H11ClN2O3. The summed E-state index contributed by atoms with van der Waals surface area (Å²) < 4.78 is 10.7. The molecular weight excluding hydrogens is 280 g/mol. The second kappa shape index (κ2) is 4.61. The van der Waals surface area contributed by atoms with Crippen LogP contribution in [0.2, 0.25) is 5.02 Å². The van der Waals surface area contributed by atoms with Crippen LogP contribution in [0.5, 0.6) is 11.5 Å². The second-order valence-corrected chi connectivity index (χ2v) is 4.85. The van der Waals surface area contributed by atoms with Gasteiger partial charge in [0.25, 0.3) is 0 Å². The Bertz CT molecular complexity index is 851. The highest BCUT2D eigenvalue weighted by molar-refractivity contribution is 6.30. The van der Waals surface area contributed by atoms with Gasteiger partial charge in [-0.25, -0.2) is 4.79 Å². The minimum absolute atomic E-state index is 0.384. The van der Waals surface area contributed by atoms with Gasteiger partial charge in [-0.1, -0.05) is 11.6 Å². The number of hydrogen-bond acceptors (Lipinski definition) is 4. The number of rotatable bonds is 2. The zero-order valence-corrected chi connectivity index (χ0v) is 11.3. The molecule has 20 heavy (non-hydrogen) atoms. The molecule has 6 heteroatoms. The highest BCUT2D eigenvalue weighted by Gasteiger charge is 2.10. The van der Waals surface area contributed by atoms with Crippen LogP contribution in [0.4, 0.5) is 5.69 Å². The number of ether oxygens (including phenoxy) is 1. The number of anilines is 1. The number of hydrogen-bond donors (Lipinski definition) is 2. The van der Waals surface area contributed by atoms with Crippen molar-refractivity contribution >= 4 is 28.4 Å². The molecule has 1 heterocycles. The maximum atomic E-state index is 11.1. The van der Waals surface area contributed by atoms with Crippen molar-refractivity contribution in [2.45, 2.75) is 6.92 Å². The van der Waals surface area contributed by atoms with Crippen molar-refractivity contribution in [2.24, 2.45) is 0 Å². The van der Waals surface area contributed by atoms with E-state index >= 15 is 0 Å². The van der Waals surface area contributed by atoms with Crippen LogP contribution in [-0.2, 0) is 0 Å². The lowest BCUT2D eigenvalue weighted by Crippen LogP contribution is -1.94. The van der Waals surface area contributed by atoms with Crippen LogP contribution in [0.25, 0.3) is 11.1 Å². The number of oxazole rings is 1. The van der Waals surface area contributed by atoms with Gasteiger partial charge in [0.05, 0.1) is 11.2 Å². The molecule has 2 aromatic carbocycles. The molecule has 3 aromatic rings. The van der Waals surface area contributed by atoms with Gasteiger partial charge >= 0.3 is 5.76 Å². The van der Waals surface area contributed by atoms with Crippen molar-refractivity contribution in [3.8, 4) is 11.5 Å². The predicted octanol–water partition coefficient (Wildman–Crippen LogP) is 3.46. The van der Waals surface area contributed by atoms with Gasteiger partial charge in [-0.05, 0) is 30.7 Å². The predicted molar refractivity (Wildman–Crippen MR) is 77.5 cm³/mol. The topological polar surface area (TPSA) is 81.2 Å². The third-order valence-electron chi connectivity index (χ3n) is 2.91. The molecule has 0 atom stereocenters. The van der Waals surface area contributed by atoms with Crippen LogP contribution in [-0.4, -0.2) is 4.98 Å². The summed E-state index contributed by atoms with van der Waals surface area (Å²) in [6, 6.07) is 8.47. The average molecular weight is 291 g/mol. The quantitative estimate of drug-likeness (QED) is 0.708. The van der Waals surface area contributed by atoms with Gasteiger partial charge in [0.15, 0.2) is 11.3 Å². The lowest BCUT2D eigenvalue weighted by atomic mass is 10.2. The minimum Gasteiger partial charge on any atom is -0.455 e. The Morgan fingerprint density at radius 3 is 2.80 bits per heavy atom. The van der Waals surface area contributed by atoms with Crippen LogP contribution in [0, 0.1) is 6.92 Å². The number of aryl methyl sites for hydroxylation is 1. The van der Waals surface area contributed by atoms with Crippen LogP contribution >= 0.6 is 11.6 Å². The molecule has 0 aliphatic heterocycles. The SMILES string of the molecule is Cc1cc(Cl)ccc1Oc1cc2[nH]c(=O)oc2cc1N. The Morgan fingerprint density at radius 2 is 2.05 bits per heavy atom. The molecule has 0 aliphatic rings. The highest BCUT2D eigenvalue weighted by Crippen LogP contribution is 2.33. The smallest absolute Gasteiger partial charge is 0.417 e. The first-order valence-electron chi connectivity index (χ1n) is 5.89. The Hall–Kier alpha value is -2.40. The maximum absolute atomic E-state index is 11.1. The molecule has 0 unspecified atom stereocenters. The number of aromatic amines is 1. The summed E-state index contributed by atoms with van der Waals surface area (Å²) in [6.07, 6.45) is 0. The Morgan fingerprint density at radius 1 is 1.25 bits per heavy atom. The van der Waals surface area contributed by atoms with E-state index in [1.54, 1.807) is 30.3 Å². The van der Waals surface area contributed by atoms with Gasteiger partial charge < -0.3 is 14.9 Å². The second-order valence-electron chi connectivity index (χ2n) is 4.41. The molecule has 0 aliphatic carbocycles. The molecule has 0 spiro atoms. The fraction of sp³-hybridized carbons (Fsp3) is 0.0714. The van der Waals surface area contributed by atoms with E-state index in [9.17, 15) is 4.79 Å². The number of nitrogen functional groups attached to an aromatic ring is 1. The van der Waals surface area contributed by atoms with E-state index in [0.717, 1.165) is 5.56 Å². The molecule has 0 amide bonds. The number of benzene rings is 2. The maximum Gasteiger partial charge on any atom is 0.417 e. The molecule has 0 saturated heterocycles. The third kappa shape index (κ3) is 2.23. The van der Waals surface area contributed by atoms with Crippen LogP contribution in [0.15, 0.2) is 39.5 Å². The van der Waals surface area contributed by atoms with E-state index in [0.29, 0.717) is 33.3 Å².